The first-order valence-electron chi connectivity index (χ1n) is 10.9. The van der Waals surface area contributed by atoms with Crippen molar-refractivity contribution in [1.82, 2.24) is 15.3 Å². The monoisotopic (exact) mass is 514 g/mol. The van der Waals surface area contributed by atoms with Crippen molar-refractivity contribution in [3.05, 3.63) is 86.0 Å². The van der Waals surface area contributed by atoms with Crippen LogP contribution in [0.4, 0.5) is 5.82 Å². The van der Waals surface area contributed by atoms with Gasteiger partial charge in [0.2, 0.25) is 0 Å². The Morgan fingerprint density at radius 1 is 0.971 bits per heavy atom. The van der Waals surface area contributed by atoms with E-state index in [-0.39, 0.29) is 5.97 Å². The highest BCUT2D eigenvalue weighted by molar-refractivity contribution is 7.20. The molecule has 0 fully saturated rings. The molecule has 6 nitrogen and oxygen atoms in total. The highest BCUT2D eigenvalue weighted by atomic mass is 35.5. The fourth-order valence-electron chi connectivity index (χ4n) is 3.55. The maximum atomic E-state index is 12.5. The van der Waals surface area contributed by atoms with Gasteiger partial charge in [-0.3, -0.25) is 0 Å². The molecular weight excluding hydrogens is 491 g/mol. The highest BCUT2D eigenvalue weighted by Crippen LogP contribution is 2.35. The largest absolute Gasteiger partial charge is 0.462 e. The van der Waals surface area contributed by atoms with Crippen LogP contribution in [0.3, 0.4) is 0 Å². The van der Waals surface area contributed by atoms with Gasteiger partial charge in [-0.2, -0.15) is 0 Å². The molecule has 0 saturated carbocycles. The van der Waals surface area contributed by atoms with E-state index in [2.05, 4.69) is 10.6 Å². The van der Waals surface area contributed by atoms with E-state index in [9.17, 15) is 4.79 Å². The molecule has 0 aliphatic carbocycles. The van der Waals surface area contributed by atoms with E-state index in [1.807, 2.05) is 55.5 Å². The van der Waals surface area contributed by atoms with Gasteiger partial charge in [-0.1, -0.05) is 59.6 Å². The van der Waals surface area contributed by atoms with Crippen molar-refractivity contribution in [2.45, 2.75) is 33.5 Å². The molecule has 0 aliphatic heterocycles. The smallest absolute Gasteiger partial charge is 0.348 e. The van der Waals surface area contributed by atoms with E-state index < -0.39 is 0 Å². The summed E-state index contributed by atoms with van der Waals surface area (Å²) in [5.74, 6) is 0.917. The van der Waals surface area contributed by atoms with E-state index in [0.29, 0.717) is 52.8 Å². The maximum Gasteiger partial charge on any atom is 0.348 e. The zero-order valence-corrected chi connectivity index (χ0v) is 21.2. The molecule has 2 aromatic carbocycles. The summed E-state index contributed by atoms with van der Waals surface area (Å²) in [5, 5.41) is 8.95. The summed E-state index contributed by atoms with van der Waals surface area (Å²) in [4.78, 5) is 23.3. The van der Waals surface area contributed by atoms with Crippen LogP contribution in [-0.4, -0.2) is 22.5 Å². The number of esters is 1. The van der Waals surface area contributed by atoms with Crippen LogP contribution in [0.25, 0.3) is 10.2 Å². The quantitative estimate of drug-likeness (QED) is 0.252. The first kappa shape index (κ1) is 24.4. The van der Waals surface area contributed by atoms with Gasteiger partial charge in [-0.25, -0.2) is 14.8 Å². The van der Waals surface area contributed by atoms with Gasteiger partial charge in [0.05, 0.1) is 18.5 Å². The Hall–Kier alpha value is -2.71. The minimum atomic E-state index is -0.349. The average molecular weight is 515 g/mol. The number of hydrogen-bond donors (Lipinski definition) is 2. The average Bonchev–Trinajstić information content (AvgIpc) is 3.16. The topological polar surface area (TPSA) is 76.1 Å². The molecule has 0 aliphatic rings. The molecule has 0 unspecified atom stereocenters. The molecule has 0 spiro atoms. The third-order valence-corrected chi connectivity index (χ3v) is 7.16. The molecule has 176 valence electrons. The Kier molecular flexibility index (Phi) is 8.00. The van der Waals surface area contributed by atoms with Gasteiger partial charge in [0.1, 0.15) is 21.3 Å². The molecule has 0 radical (unpaired) electrons. The number of rotatable bonds is 9. The van der Waals surface area contributed by atoms with Crippen molar-refractivity contribution >= 4 is 56.5 Å². The lowest BCUT2D eigenvalue weighted by Crippen LogP contribution is -2.16. The standard InChI is InChI=1S/C25H24Cl2N4O2S/c1-3-33-25(32)22-15(2)21-23(29-13-17-9-5-7-11-19(17)27)30-20(31-24(21)34-22)14-28-12-16-8-4-6-10-18(16)26/h4-11,28H,3,12-14H2,1-2H3,(H,29,30,31). The molecule has 9 heteroatoms. The molecule has 2 aromatic heterocycles. The zero-order valence-electron chi connectivity index (χ0n) is 18.8. The number of fused-ring (bicyclic) bond motifs is 1. The number of carbonyl (C=O) groups is 1. The predicted octanol–water partition coefficient (Wildman–Crippen LogP) is 6.39. The van der Waals surface area contributed by atoms with Crippen LogP contribution >= 0.6 is 34.5 Å². The van der Waals surface area contributed by atoms with Gasteiger partial charge in [0, 0.05) is 23.1 Å². The van der Waals surface area contributed by atoms with Crippen LogP contribution < -0.4 is 10.6 Å². The predicted molar refractivity (Wildman–Crippen MR) is 139 cm³/mol. The summed E-state index contributed by atoms with van der Waals surface area (Å²) in [6, 6.07) is 15.3. The number of anilines is 1. The number of nitrogens with zero attached hydrogens (tertiary/aromatic N) is 2. The van der Waals surface area contributed by atoms with E-state index >= 15 is 0 Å². The van der Waals surface area contributed by atoms with Crippen molar-refractivity contribution in [2.24, 2.45) is 0 Å². The van der Waals surface area contributed by atoms with Gasteiger partial charge in [0.15, 0.2) is 0 Å². The lowest BCUT2D eigenvalue weighted by atomic mass is 10.2. The van der Waals surface area contributed by atoms with Crippen molar-refractivity contribution in [2.75, 3.05) is 11.9 Å². The van der Waals surface area contributed by atoms with E-state index in [0.717, 1.165) is 26.9 Å². The summed E-state index contributed by atoms with van der Waals surface area (Å²) in [6.07, 6.45) is 0. The molecule has 0 bridgehead atoms. The van der Waals surface area contributed by atoms with Crippen LogP contribution in [0.15, 0.2) is 48.5 Å². The first-order valence-corrected chi connectivity index (χ1v) is 12.4. The van der Waals surface area contributed by atoms with Crippen LogP contribution in [0.2, 0.25) is 10.0 Å². The molecular formula is C25H24Cl2N4O2S. The summed E-state index contributed by atoms with van der Waals surface area (Å²) in [5.41, 5.74) is 2.75. The minimum absolute atomic E-state index is 0.313. The van der Waals surface area contributed by atoms with E-state index in [1.165, 1.54) is 11.3 Å². The summed E-state index contributed by atoms with van der Waals surface area (Å²) in [7, 11) is 0. The molecule has 2 N–H and O–H groups in total. The zero-order chi connectivity index (χ0) is 24.1. The van der Waals surface area contributed by atoms with Crippen molar-refractivity contribution in [3.63, 3.8) is 0 Å². The first-order chi connectivity index (χ1) is 16.5. The molecule has 0 atom stereocenters. The number of aryl methyl sites for hydroxylation is 1. The number of hydrogen-bond acceptors (Lipinski definition) is 7. The van der Waals surface area contributed by atoms with Crippen molar-refractivity contribution in [1.29, 1.82) is 0 Å². The summed E-state index contributed by atoms with van der Waals surface area (Å²) < 4.78 is 5.24. The minimum Gasteiger partial charge on any atom is -0.462 e. The number of nitrogens with one attached hydrogen (secondary N) is 2. The lowest BCUT2D eigenvalue weighted by molar-refractivity contribution is 0.0531. The SMILES string of the molecule is CCOC(=O)c1sc2nc(CNCc3ccccc3Cl)nc(NCc3ccccc3Cl)c2c1C. The number of aromatic nitrogens is 2. The lowest BCUT2D eigenvalue weighted by Gasteiger charge is -2.11. The number of carbonyl (C=O) groups excluding carboxylic acids is 1. The van der Waals surface area contributed by atoms with Gasteiger partial charge in [-0.05, 0) is 42.7 Å². The van der Waals surface area contributed by atoms with Crippen LogP contribution in [-0.2, 0) is 24.4 Å². The molecule has 0 amide bonds. The fraction of sp³-hybridized carbons (Fsp3) is 0.240. The van der Waals surface area contributed by atoms with Gasteiger partial charge >= 0.3 is 5.97 Å². The summed E-state index contributed by atoms with van der Waals surface area (Å²) in [6.45, 7) is 5.51. The van der Waals surface area contributed by atoms with Gasteiger partial charge in [-0.15, -0.1) is 11.3 Å². The summed E-state index contributed by atoms with van der Waals surface area (Å²) >= 11 is 13.9. The number of halogens is 2. The maximum absolute atomic E-state index is 12.5. The Morgan fingerprint density at radius 2 is 1.62 bits per heavy atom. The highest BCUT2D eigenvalue weighted by Gasteiger charge is 2.21. The van der Waals surface area contributed by atoms with Crippen LogP contribution in [0, 0.1) is 6.92 Å². The number of benzene rings is 2. The van der Waals surface area contributed by atoms with E-state index in [1.54, 1.807) is 6.92 Å². The Morgan fingerprint density at radius 3 is 2.26 bits per heavy atom. The van der Waals surface area contributed by atoms with Crippen LogP contribution in [0.5, 0.6) is 0 Å². The van der Waals surface area contributed by atoms with Crippen LogP contribution in [0.1, 0.15) is 39.1 Å². The second kappa shape index (κ2) is 11.1. The second-order valence-corrected chi connectivity index (χ2v) is 9.40. The van der Waals surface area contributed by atoms with Crippen molar-refractivity contribution in [3.8, 4) is 0 Å². The third kappa shape index (κ3) is 5.50. The molecule has 4 aromatic rings. The molecule has 0 saturated heterocycles. The molecule has 2 heterocycles. The van der Waals surface area contributed by atoms with Gasteiger partial charge in [0.25, 0.3) is 0 Å². The van der Waals surface area contributed by atoms with Crippen molar-refractivity contribution < 1.29 is 9.53 Å². The number of thiophene rings is 1. The number of ether oxygens (including phenoxy) is 1. The fourth-order valence-corrected chi connectivity index (χ4v) is 5.05. The second-order valence-electron chi connectivity index (χ2n) is 7.59. The van der Waals surface area contributed by atoms with Gasteiger partial charge < -0.3 is 15.4 Å². The third-order valence-electron chi connectivity index (χ3n) is 5.26. The normalized spacial score (nSPS) is 11.1. The Balaban J connectivity index is 1.64. The Labute approximate surface area is 212 Å². The molecule has 34 heavy (non-hydrogen) atoms. The molecule has 4 rings (SSSR count). The van der Waals surface area contributed by atoms with E-state index in [4.69, 9.17) is 37.9 Å². The Bertz CT molecular complexity index is 1330.